The number of halogens is 1. The molecule has 9 nitrogen and oxygen atoms in total. The van der Waals surface area contributed by atoms with Gasteiger partial charge in [0.2, 0.25) is 5.78 Å². The summed E-state index contributed by atoms with van der Waals surface area (Å²) in [6, 6.07) is 5.05. The number of nitrogens with zero attached hydrogens (tertiary/aromatic N) is 2. The van der Waals surface area contributed by atoms with Gasteiger partial charge in [0.15, 0.2) is 13.2 Å². The highest BCUT2D eigenvalue weighted by molar-refractivity contribution is 6.32. The van der Waals surface area contributed by atoms with Gasteiger partial charge in [0.1, 0.15) is 17.1 Å². The molecule has 0 unspecified atom stereocenters. The lowest BCUT2D eigenvalue weighted by Crippen LogP contribution is -2.42. The van der Waals surface area contributed by atoms with E-state index in [1.807, 2.05) is 6.92 Å². The zero-order valence-corrected chi connectivity index (χ0v) is 15.7. The van der Waals surface area contributed by atoms with Gasteiger partial charge < -0.3 is 15.2 Å². The molecular weight excluding hydrogens is 378 g/mol. The highest BCUT2D eigenvalue weighted by Gasteiger charge is 2.21. The van der Waals surface area contributed by atoms with Crippen molar-refractivity contribution >= 4 is 29.2 Å². The van der Waals surface area contributed by atoms with Gasteiger partial charge in [0.25, 0.3) is 5.56 Å². The van der Waals surface area contributed by atoms with E-state index in [2.05, 4.69) is 0 Å². The minimum absolute atomic E-state index is 0.299. The summed E-state index contributed by atoms with van der Waals surface area (Å²) >= 11 is 5.95. The molecular formula is C17H18ClN3O6. The number of hydrogen-bond acceptors (Lipinski definition) is 7. The molecule has 1 heterocycles. The molecule has 144 valence electrons. The van der Waals surface area contributed by atoms with Gasteiger partial charge in [0, 0.05) is 14.1 Å². The SMILES string of the molecule is Cc1ccc(Cl)c(OCC(=O)OCC(=O)c2c(N)n(C)c(=O)n(C)c2=O)c1. The van der Waals surface area contributed by atoms with E-state index in [0.29, 0.717) is 10.8 Å². The number of ketones is 1. The zero-order chi connectivity index (χ0) is 20.3. The highest BCUT2D eigenvalue weighted by Crippen LogP contribution is 2.25. The van der Waals surface area contributed by atoms with E-state index in [1.54, 1.807) is 18.2 Å². The number of rotatable bonds is 6. The van der Waals surface area contributed by atoms with Gasteiger partial charge in [-0.25, -0.2) is 9.59 Å². The summed E-state index contributed by atoms with van der Waals surface area (Å²) in [7, 11) is 2.53. The van der Waals surface area contributed by atoms with E-state index in [9.17, 15) is 19.2 Å². The number of carbonyl (C=O) groups is 2. The van der Waals surface area contributed by atoms with Gasteiger partial charge in [-0.15, -0.1) is 0 Å². The van der Waals surface area contributed by atoms with Crippen molar-refractivity contribution in [3.8, 4) is 5.75 Å². The van der Waals surface area contributed by atoms with Gasteiger partial charge in [-0.1, -0.05) is 17.7 Å². The number of aromatic nitrogens is 2. The number of hydrogen-bond donors (Lipinski definition) is 1. The Bertz CT molecular complexity index is 1020. The molecule has 10 heteroatoms. The maximum atomic E-state index is 12.2. The van der Waals surface area contributed by atoms with Crippen LogP contribution in [0, 0.1) is 6.92 Å². The Labute approximate surface area is 158 Å². The molecule has 0 bridgehead atoms. The molecule has 2 aromatic rings. The van der Waals surface area contributed by atoms with Crippen molar-refractivity contribution in [3.63, 3.8) is 0 Å². The number of carbonyl (C=O) groups excluding carboxylic acids is 2. The third kappa shape index (κ3) is 4.37. The quantitative estimate of drug-likeness (QED) is 0.555. The Morgan fingerprint density at radius 1 is 1.15 bits per heavy atom. The van der Waals surface area contributed by atoms with E-state index in [0.717, 1.165) is 14.7 Å². The number of nitrogens with two attached hydrogens (primary N) is 1. The second kappa shape index (κ2) is 8.09. The molecule has 0 radical (unpaired) electrons. The smallest absolute Gasteiger partial charge is 0.344 e. The summed E-state index contributed by atoms with van der Waals surface area (Å²) < 4.78 is 11.8. The fourth-order valence-corrected chi connectivity index (χ4v) is 2.41. The molecule has 0 amide bonds. The second-order valence-electron chi connectivity index (χ2n) is 5.77. The summed E-state index contributed by atoms with van der Waals surface area (Å²) in [6.07, 6.45) is 0. The Morgan fingerprint density at radius 3 is 2.48 bits per heavy atom. The molecule has 0 atom stereocenters. The second-order valence-corrected chi connectivity index (χ2v) is 6.18. The first-order valence-corrected chi connectivity index (χ1v) is 8.14. The van der Waals surface area contributed by atoms with Crippen molar-refractivity contribution in [2.75, 3.05) is 18.9 Å². The standard InChI is InChI=1S/C17H18ClN3O6/c1-9-4-5-10(18)12(6-9)26-8-13(23)27-7-11(22)14-15(19)20(2)17(25)21(3)16(14)24/h4-6H,7-8,19H2,1-3H3. The van der Waals surface area contributed by atoms with Gasteiger partial charge in [-0.3, -0.25) is 18.7 Å². The number of Topliss-reactive ketones (excluding diaryl/α,β-unsaturated/α-hetero) is 1. The van der Waals surface area contributed by atoms with Crippen molar-refractivity contribution < 1.29 is 19.1 Å². The van der Waals surface area contributed by atoms with Crippen LogP contribution in [-0.2, 0) is 23.6 Å². The Morgan fingerprint density at radius 2 is 1.81 bits per heavy atom. The van der Waals surface area contributed by atoms with Crippen LogP contribution in [0.2, 0.25) is 5.02 Å². The van der Waals surface area contributed by atoms with Gasteiger partial charge in [0.05, 0.1) is 5.02 Å². The minimum Gasteiger partial charge on any atom is -0.480 e. The molecule has 0 aliphatic carbocycles. The number of nitrogen functional groups attached to an aromatic ring is 1. The van der Waals surface area contributed by atoms with Crippen LogP contribution < -0.4 is 21.7 Å². The van der Waals surface area contributed by atoms with Gasteiger partial charge in [-0.2, -0.15) is 0 Å². The average molecular weight is 396 g/mol. The predicted octanol–water partition coefficient (Wildman–Crippen LogP) is 0.433. The topological polar surface area (TPSA) is 123 Å². The molecule has 2 N–H and O–H groups in total. The number of esters is 1. The molecule has 27 heavy (non-hydrogen) atoms. The number of ether oxygens (including phenoxy) is 2. The van der Waals surface area contributed by atoms with Gasteiger partial charge in [-0.05, 0) is 24.6 Å². The van der Waals surface area contributed by atoms with Crippen LogP contribution in [0.5, 0.6) is 5.75 Å². The lowest BCUT2D eigenvalue weighted by molar-refractivity contribution is -0.144. The van der Waals surface area contributed by atoms with E-state index in [1.165, 1.54) is 14.1 Å². The van der Waals surface area contributed by atoms with Gasteiger partial charge >= 0.3 is 11.7 Å². The van der Waals surface area contributed by atoms with Crippen molar-refractivity contribution in [1.29, 1.82) is 0 Å². The van der Waals surface area contributed by atoms with Crippen LogP contribution in [0.1, 0.15) is 15.9 Å². The van der Waals surface area contributed by atoms with Crippen LogP contribution in [0.15, 0.2) is 27.8 Å². The molecule has 0 fully saturated rings. The van der Waals surface area contributed by atoms with E-state index < -0.39 is 41.8 Å². The first kappa shape index (κ1) is 20.2. The fraction of sp³-hybridized carbons (Fsp3) is 0.294. The Hall–Kier alpha value is -3.07. The highest BCUT2D eigenvalue weighted by atomic mass is 35.5. The van der Waals surface area contributed by atoms with E-state index in [-0.39, 0.29) is 5.82 Å². The average Bonchev–Trinajstić information content (AvgIpc) is 2.64. The molecule has 1 aromatic heterocycles. The zero-order valence-electron chi connectivity index (χ0n) is 14.9. The van der Waals surface area contributed by atoms with Crippen LogP contribution in [0.4, 0.5) is 5.82 Å². The Balaban J connectivity index is 2.04. The monoisotopic (exact) mass is 395 g/mol. The number of benzene rings is 1. The number of aryl methyl sites for hydroxylation is 1. The van der Waals surface area contributed by atoms with E-state index in [4.69, 9.17) is 26.8 Å². The van der Waals surface area contributed by atoms with Crippen molar-refractivity contribution in [2.24, 2.45) is 14.1 Å². The fourth-order valence-electron chi connectivity index (χ4n) is 2.24. The van der Waals surface area contributed by atoms with Crippen molar-refractivity contribution in [1.82, 2.24) is 9.13 Å². The minimum atomic E-state index is -0.862. The summed E-state index contributed by atoms with van der Waals surface area (Å²) in [5.41, 5.74) is 4.61. The summed E-state index contributed by atoms with van der Waals surface area (Å²) in [5.74, 6) is -1.66. The van der Waals surface area contributed by atoms with E-state index >= 15 is 0 Å². The van der Waals surface area contributed by atoms with Crippen LogP contribution in [0.3, 0.4) is 0 Å². The van der Waals surface area contributed by atoms with Crippen LogP contribution in [0.25, 0.3) is 0 Å². The maximum absolute atomic E-state index is 12.2. The van der Waals surface area contributed by atoms with Crippen LogP contribution >= 0.6 is 11.6 Å². The third-order valence-corrected chi connectivity index (χ3v) is 4.10. The Kier molecular flexibility index (Phi) is 6.06. The molecule has 2 rings (SSSR count). The lowest BCUT2D eigenvalue weighted by Gasteiger charge is -2.11. The lowest BCUT2D eigenvalue weighted by atomic mass is 10.2. The molecule has 1 aromatic carbocycles. The predicted molar refractivity (Wildman–Crippen MR) is 98.3 cm³/mol. The molecule has 0 aliphatic rings. The molecule has 0 saturated heterocycles. The molecule has 0 aliphatic heterocycles. The normalized spacial score (nSPS) is 10.5. The summed E-state index contributed by atoms with van der Waals surface area (Å²) in [4.78, 5) is 47.9. The molecule has 0 saturated carbocycles. The maximum Gasteiger partial charge on any atom is 0.344 e. The molecule has 0 spiro atoms. The summed E-state index contributed by atoms with van der Waals surface area (Å²) in [6.45, 7) is 0.636. The van der Waals surface area contributed by atoms with Crippen molar-refractivity contribution in [2.45, 2.75) is 6.92 Å². The first-order valence-electron chi connectivity index (χ1n) is 7.76. The first-order chi connectivity index (χ1) is 12.6. The summed E-state index contributed by atoms with van der Waals surface area (Å²) in [5, 5.41) is 0.325. The third-order valence-electron chi connectivity index (χ3n) is 3.79. The largest absolute Gasteiger partial charge is 0.480 e. The van der Waals surface area contributed by atoms with Crippen molar-refractivity contribution in [3.05, 3.63) is 55.2 Å². The van der Waals surface area contributed by atoms with Crippen LogP contribution in [-0.4, -0.2) is 34.1 Å². The number of anilines is 1.